The molecule has 3 N–H and O–H groups in total. The van der Waals surface area contributed by atoms with E-state index >= 15 is 0 Å². The minimum absolute atomic E-state index is 0.306. The molecule has 8 heteroatoms. The van der Waals surface area contributed by atoms with Crippen LogP contribution >= 0.6 is 11.3 Å². The van der Waals surface area contributed by atoms with Crippen molar-refractivity contribution < 1.29 is 9.63 Å². The van der Waals surface area contributed by atoms with Crippen molar-refractivity contribution in [3.05, 3.63) is 41.6 Å². The van der Waals surface area contributed by atoms with Crippen LogP contribution in [0.25, 0.3) is 20.7 Å². The second-order valence-corrected chi connectivity index (χ2v) is 10.2. The predicted octanol–water partition coefficient (Wildman–Crippen LogP) is 4.68. The molecule has 174 valence electrons. The van der Waals surface area contributed by atoms with Gasteiger partial charge in [0.1, 0.15) is 0 Å². The quantitative estimate of drug-likeness (QED) is 0.312. The number of benzene rings is 1. The molecule has 2 aromatic heterocycles. The van der Waals surface area contributed by atoms with E-state index in [1.165, 1.54) is 19.3 Å². The number of nitrogens with zero attached hydrogens (tertiary/aromatic N) is 2. The van der Waals surface area contributed by atoms with Gasteiger partial charge >= 0.3 is 5.97 Å². The lowest BCUT2D eigenvalue weighted by atomic mass is 9.95. The molecule has 0 amide bonds. The molecule has 0 radical (unpaired) electrons. The fraction of sp³-hybridized carbons (Fsp3) is 0.480. The third-order valence-corrected chi connectivity index (χ3v) is 7.46. The van der Waals surface area contributed by atoms with E-state index in [4.69, 9.17) is 9.82 Å². The number of anilines is 1. The van der Waals surface area contributed by atoms with Crippen LogP contribution in [0.3, 0.4) is 0 Å². The molecule has 1 aliphatic carbocycles. The van der Waals surface area contributed by atoms with Gasteiger partial charge in [-0.1, -0.05) is 6.07 Å². The number of aryl methyl sites for hydroxylation is 1. The van der Waals surface area contributed by atoms with Crippen molar-refractivity contribution in [2.75, 3.05) is 25.0 Å². The molecule has 0 spiro atoms. The Balaban J connectivity index is 1.28. The fourth-order valence-electron chi connectivity index (χ4n) is 4.29. The van der Waals surface area contributed by atoms with E-state index in [9.17, 15) is 4.79 Å². The molecule has 3 heterocycles. The van der Waals surface area contributed by atoms with Crippen LogP contribution in [0.2, 0.25) is 0 Å². The Morgan fingerprint density at radius 1 is 1.30 bits per heavy atom. The van der Waals surface area contributed by atoms with Gasteiger partial charge in [-0.2, -0.15) is 0 Å². The van der Waals surface area contributed by atoms with Gasteiger partial charge in [0.15, 0.2) is 0 Å². The molecule has 1 unspecified atom stereocenters. The number of carbonyl (C=O) groups is 1. The van der Waals surface area contributed by atoms with E-state index in [1.54, 1.807) is 11.3 Å². The lowest BCUT2D eigenvalue weighted by molar-refractivity contribution is 0.0238. The van der Waals surface area contributed by atoms with Crippen LogP contribution in [0.5, 0.6) is 0 Å². The van der Waals surface area contributed by atoms with Crippen molar-refractivity contribution in [2.24, 2.45) is 5.92 Å². The Morgan fingerprint density at radius 2 is 2.21 bits per heavy atom. The minimum Gasteiger partial charge on any atom is -0.366 e. The first-order chi connectivity index (χ1) is 16.2. The molecule has 1 saturated heterocycles. The Hall–Kier alpha value is -2.55. The Bertz CT molecular complexity index is 1120. The fourth-order valence-corrected chi connectivity index (χ4v) is 5.43. The summed E-state index contributed by atoms with van der Waals surface area (Å²) in [5.41, 5.74) is 5.33. The highest BCUT2D eigenvalue weighted by atomic mass is 32.1. The lowest BCUT2D eigenvalue weighted by Gasteiger charge is -2.22. The van der Waals surface area contributed by atoms with Crippen LogP contribution in [-0.2, 0) is 4.84 Å². The summed E-state index contributed by atoms with van der Waals surface area (Å²) in [6, 6.07) is 8.10. The van der Waals surface area contributed by atoms with Crippen molar-refractivity contribution in [1.82, 2.24) is 20.8 Å². The monoisotopic (exact) mass is 465 g/mol. The van der Waals surface area contributed by atoms with Gasteiger partial charge in [-0.3, -0.25) is 0 Å². The topological polar surface area (TPSA) is 88.2 Å². The summed E-state index contributed by atoms with van der Waals surface area (Å²) in [4.78, 5) is 28.2. The van der Waals surface area contributed by atoms with Crippen LogP contribution in [0, 0.1) is 12.8 Å². The number of hydrogen-bond acceptors (Lipinski definition) is 8. The second-order valence-electron chi connectivity index (χ2n) is 9.12. The molecule has 1 saturated carbocycles. The first kappa shape index (κ1) is 22.3. The van der Waals surface area contributed by atoms with Crippen LogP contribution in [0.4, 0.5) is 5.95 Å². The van der Waals surface area contributed by atoms with Crippen LogP contribution in [0.1, 0.15) is 54.4 Å². The molecule has 1 aromatic carbocycles. The van der Waals surface area contributed by atoms with Crippen molar-refractivity contribution in [3.8, 4) is 10.6 Å². The molecule has 5 rings (SSSR count). The van der Waals surface area contributed by atoms with E-state index in [1.807, 2.05) is 37.4 Å². The van der Waals surface area contributed by atoms with Gasteiger partial charge in [-0.05, 0) is 88.2 Å². The molecular formula is C25H31N5O2S. The molecule has 7 nitrogen and oxygen atoms in total. The zero-order valence-electron chi connectivity index (χ0n) is 19.0. The third kappa shape index (κ3) is 5.51. The van der Waals surface area contributed by atoms with Gasteiger partial charge in [-0.15, -0.1) is 16.8 Å². The summed E-state index contributed by atoms with van der Waals surface area (Å²) >= 11 is 1.64. The van der Waals surface area contributed by atoms with Crippen molar-refractivity contribution >= 4 is 33.3 Å². The smallest absolute Gasteiger partial charge is 0.357 e. The van der Waals surface area contributed by atoms with Crippen molar-refractivity contribution in [2.45, 2.75) is 51.5 Å². The molecule has 3 aromatic rings. The molecule has 0 bridgehead atoms. The number of rotatable bonds is 9. The summed E-state index contributed by atoms with van der Waals surface area (Å²) < 4.78 is 1.04. The average molecular weight is 466 g/mol. The first-order valence-electron chi connectivity index (χ1n) is 12.0. The first-order valence-corrected chi connectivity index (χ1v) is 12.8. The van der Waals surface area contributed by atoms with Gasteiger partial charge in [0, 0.05) is 28.9 Å². The van der Waals surface area contributed by atoms with Crippen LogP contribution < -0.4 is 16.1 Å². The maximum atomic E-state index is 12.6. The normalized spacial score (nSPS) is 18.4. The molecule has 1 aliphatic heterocycles. The maximum Gasteiger partial charge on any atom is 0.357 e. The van der Waals surface area contributed by atoms with Gasteiger partial charge in [0.2, 0.25) is 5.95 Å². The molecule has 1 atom stereocenters. The number of thiophene rings is 1. The Kier molecular flexibility index (Phi) is 6.85. The summed E-state index contributed by atoms with van der Waals surface area (Å²) in [7, 11) is 0. The summed E-state index contributed by atoms with van der Waals surface area (Å²) in [6.07, 6.45) is 8.94. The SMILES string of the molecule is Cc1cnc(NCCCC2CCCNC2)nc1-c1cc2c(C(=O)ONC3CC3)cccc2s1. The highest BCUT2D eigenvalue weighted by molar-refractivity contribution is 7.22. The highest BCUT2D eigenvalue weighted by Gasteiger charge is 2.24. The third-order valence-electron chi connectivity index (χ3n) is 6.35. The number of hydroxylamine groups is 1. The van der Waals surface area contributed by atoms with Crippen molar-refractivity contribution in [3.63, 3.8) is 0 Å². The standard InChI is InChI=1S/C25H31N5O2S/c1-16-14-28-25(27-12-4-6-17-5-3-11-26-15-17)29-23(16)22-13-20-19(7-2-8-21(20)33-22)24(31)32-30-18-9-10-18/h2,7-8,13-14,17-18,26,30H,3-6,9-12,15H2,1H3,(H,27,28,29). The number of nitrogens with one attached hydrogen (secondary N) is 3. The highest BCUT2D eigenvalue weighted by Crippen LogP contribution is 2.36. The predicted molar refractivity (Wildman–Crippen MR) is 132 cm³/mol. The van der Waals surface area contributed by atoms with E-state index < -0.39 is 0 Å². The Labute approximate surface area is 198 Å². The minimum atomic E-state index is -0.341. The summed E-state index contributed by atoms with van der Waals surface area (Å²) in [6.45, 7) is 5.19. The van der Waals surface area contributed by atoms with E-state index in [-0.39, 0.29) is 5.97 Å². The largest absolute Gasteiger partial charge is 0.366 e. The number of aromatic nitrogens is 2. The van der Waals surface area contributed by atoms with Gasteiger partial charge in [-0.25, -0.2) is 14.8 Å². The molecular weight excluding hydrogens is 434 g/mol. The molecule has 2 fully saturated rings. The van der Waals surface area contributed by atoms with Gasteiger partial charge in [0.25, 0.3) is 0 Å². The summed E-state index contributed by atoms with van der Waals surface area (Å²) in [5.74, 6) is 1.10. The maximum absolute atomic E-state index is 12.6. The van der Waals surface area contributed by atoms with Gasteiger partial charge in [0.05, 0.1) is 16.1 Å². The number of hydrogen-bond donors (Lipinski definition) is 3. The number of carbonyl (C=O) groups excluding carboxylic acids is 1. The number of piperidine rings is 1. The lowest BCUT2D eigenvalue weighted by Crippen LogP contribution is -2.29. The number of fused-ring (bicyclic) bond motifs is 1. The van der Waals surface area contributed by atoms with Crippen LogP contribution in [0.15, 0.2) is 30.5 Å². The van der Waals surface area contributed by atoms with E-state index in [0.717, 1.165) is 71.0 Å². The Morgan fingerprint density at radius 3 is 3.03 bits per heavy atom. The summed E-state index contributed by atoms with van der Waals surface area (Å²) in [5, 5.41) is 7.78. The van der Waals surface area contributed by atoms with E-state index in [2.05, 4.69) is 21.1 Å². The zero-order valence-corrected chi connectivity index (χ0v) is 19.8. The zero-order chi connectivity index (χ0) is 22.6. The molecule has 33 heavy (non-hydrogen) atoms. The second kappa shape index (κ2) is 10.2. The van der Waals surface area contributed by atoms with Crippen molar-refractivity contribution in [1.29, 1.82) is 0 Å². The average Bonchev–Trinajstić information content (AvgIpc) is 3.57. The molecule has 2 aliphatic rings. The van der Waals surface area contributed by atoms with Crippen LogP contribution in [-0.4, -0.2) is 41.6 Å². The van der Waals surface area contributed by atoms with E-state index in [0.29, 0.717) is 17.6 Å². The van der Waals surface area contributed by atoms with Gasteiger partial charge < -0.3 is 15.5 Å².